The van der Waals surface area contributed by atoms with Gasteiger partial charge < -0.3 is 20.1 Å². The molecule has 124 valence electrons. The van der Waals surface area contributed by atoms with Crippen LogP contribution in [0.25, 0.3) is 0 Å². The van der Waals surface area contributed by atoms with E-state index in [2.05, 4.69) is 10.3 Å². The third kappa shape index (κ3) is 2.63. The molecule has 1 aliphatic heterocycles. The molecule has 24 heavy (non-hydrogen) atoms. The van der Waals surface area contributed by atoms with E-state index < -0.39 is 5.97 Å². The van der Waals surface area contributed by atoms with Crippen LogP contribution in [0.1, 0.15) is 26.4 Å². The lowest BCUT2D eigenvalue weighted by Crippen LogP contribution is -2.18. The highest BCUT2D eigenvalue weighted by Gasteiger charge is 2.30. The number of nitrogens with zero attached hydrogens (tertiary/aromatic N) is 2. The smallest absolute Gasteiger partial charge is 0.339 e. The number of hydrogen-bond donors (Lipinski definition) is 2. The zero-order valence-corrected chi connectivity index (χ0v) is 13.7. The summed E-state index contributed by atoms with van der Waals surface area (Å²) in [6, 6.07) is 6.22. The number of fused-ring (bicyclic) bond motifs is 1. The number of anilines is 2. The van der Waals surface area contributed by atoms with Crippen LogP contribution in [0.4, 0.5) is 11.4 Å². The van der Waals surface area contributed by atoms with E-state index in [0.717, 1.165) is 0 Å². The average Bonchev–Trinajstić information content (AvgIpc) is 2.81. The normalized spacial score (nSPS) is 13.0. The minimum Gasteiger partial charge on any atom is -0.494 e. The molecule has 0 fully saturated rings. The molecule has 2 aromatic rings. The number of halogens is 1. The van der Waals surface area contributed by atoms with Gasteiger partial charge in [0.2, 0.25) is 0 Å². The van der Waals surface area contributed by atoms with Crippen molar-refractivity contribution in [3.8, 4) is 5.75 Å². The van der Waals surface area contributed by atoms with Gasteiger partial charge in [0.15, 0.2) is 5.75 Å². The molecular formula is C16H14ClN3O4. The summed E-state index contributed by atoms with van der Waals surface area (Å²) in [6.07, 6.45) is 0. The van der Waals surface area contributed by atoms with Crippen LogP contribution in [0.5, 0.6) is 5.75 Å². The van der Waals surface area contributed by atoms with Crippen LogP contribution < -0.4 is 10.1 Å². The summed E-state index contributed by atoms with van der Waals surface area (Å²) >= 11 is 6.04. The van der Waals surface area contributed by atoms with E-state index in [1.807, 2.05) is 0 Å². The predicted octanol–water partition coefficient (Wildman–Crippen LogP) is 2.77. The van der Waals surface area contributed by atoms with E-state index in [1.165, 1.54) is 24.1 Å². The largest absolute Gasteiger partial charge is 0.494 e. The number of aromatic nitrogens is 1. The molecule has 0 aliphatic carbocycles. The lowest BCUT2D eigenvalue weighted by Gasteiger charge is -2.15. The van der Waals surface area contributed by atoms with Gasteiger partial charge in [-0.25, -0.2) is 9.78 Å². The van der Waals surface area contributed by atoms with Crippen molar-refractivity contribution in [2.45, 2.75) is 6.54 Å². The average molecular weight is 348 g/mol. The summed E-state index contributed by atoms with van der Waals surface area (Å²) in [7, 11) is 3.06. The van der Waals surface area contributed by atoms with Gasteiger partial charge >= 0.3 is 5.97 Å². The van der Waals surface area contributed by atoms with Crippen molar-refractivity contribution in [3.05, 3.63) is 46.2 Å². The second-order valence-electron chi connectivity index (χ2n) is 5.29. The fourth-order valence-electron chi connectivity index (χ4n) is 2.67. The summed E-state index contributed by atoms with van der Waals surface area (Å²) in [4.78, 5) is 29.4. The second-order valence-corrected chi connectivity index (χ2v) is 5.68. The fourth-order valence-corrected chi connectivity index (χ4v) is 2.88. The Bertz CT molecular complexity index is 853. The molecule has 7 nitrogen and oxygen atoms in total. The van der Waals surface area contributed by atoms with E-state index >= 15 is 0 Å². The van der Waals surface area contributed by atoms with E-state index in [1.54, 1.807) is 19.2 Å². The summed E-state index contributed by atoms with van der Waals surface area (Å²) in [5.74, 6) is -1.11. The van der Waals surface area contributed by atoms with Gasteiger partial charge in [0.1, 0.15) is 10.7 Å². The molecule has 0 saturated carbocycles. The van der Waals surface area contributed by atoms with Crippen LogP contribution in [-0.2, 0) is 6.54 Å². The number of hydrogen-bond acceptors (Lipinski definition) is 5. The summed E-state index contributed by atoms with van der Waals surface area (Å²) < 4.78 is 5.22. The Hall–Kier alpha value is -2.80. The number of carbonyl (C=O) groups is 2. The number of carboxylic acid groups (broad SMARTS) is 1. The quantitative estimate of drug-likeness (QED) is 0.826. The molecule has 2 N–H and O–H groups in total. The third-order valence-corrected chi connectivity index (χ3v) is 3.92. The molecule has 0 unspecified atom stereocenters. The molecule has 3 rings (SSSR count). The van der Waals surface area contributed by atoms with Crippen LogP contribution in [0.2, 0.25) is 5.15 Å². The van der Waals surface area contributed by atoms with Crippen LogP contribution in [0, 0.1) is 0 Å². The molecule has 0 atom stereocenters. The maximum absolute atomic E-state index is 12.3. The molecule has 0 radical (unpaired) electrons. The number of pyridine rings is 1. The van der Waals surface area contributed by atoms with E-state index in [-0.39, 0.29) is 22.4 Å². The van der Waals surface area contributed by atoms with Crippen LogP contribution in [0.15, 0.2) is 24.3 Å². The maximum atomic E-state index is 12.3. The van der Waals surface area contributed by atoms with E-state index in [9.17, 15) is 14.7 Å². The van der Waals surface area contributed by atoms with Crippen molar-refractivity contribution in [2.75, 3.05) is 19.5 Å². The first kappa shape index (κ1) is 16.1. The Labute approximate surface area is 142 Å². The van der Waals surface area contributed by atoms with Crippen molar-refractivity contribution in [3.63, 3.8) is 0 Å². The van der Waals surface area contributed by atoms with E-state index in [4.69, 9.17) is 16.3 Å². The fraction of sp³-hybridized carbons (Fsp3) is 0.188. The maximum Gasteiger partial charge on any atom is 0.339 e. The Morgan fingerprint density at radius 1 is 1.42 bits per heavy atom. The minimum atomic E-state index is -1.11. The Morgan fingerprint density at radius 2 is 2.17 bits per heavy atom. The van der Waals surface area contributed by atoms with Crippen molar-refractivity contribution in [1.29, 1.82) is 0 Å². The molecule has 0 bridgehead atoms. The lowest BCUT2D eigenvalue weighted by atomic mass is 10.1. The van der Waals surface area contributed by atoms with Gasteiger partial charge in [0.25, 0.3) is 5.91 Å². The van der Waals surface area contributed by atoms with Gasteiger partial charge in [0.05, 0.1) is 36.3 Å². The monoisotopic (exact) mass is 347 g/mol. The number of ether oxygens (including phenoxy) is 1. The first-order chi connectivity index (χ1) is 11.4. The zero-order chi connectivity index (χ0) is 17.4. The van der Waals surface area contributed by atoms with Gasteiger partial charge in [-0.2, -0.15) is 0 Å². The SMILES string of the molecule is COc1c(Nc2cc(Cl)nc3c2C(=O)N(C)C3)cccc1C(=O)O. The Morgan fingerprint density at radius 3 is 2.83 bits per heavy atom. The van der Waals surface area contributed by atoms with Crippen molar-refractivity contribution in [1.82, 2.24) is 9.88 Å². The van der Waals surface area contributed by atoms with Crippen molar-refractivity contribution in [2.24, 2.45) is 0 Å². The number of aromatic carboxylic acids is 1. The number of amides is 1. The Balaban J connectivity index is 2.10. The van der Waals surface area contributed by atoms with Crippen molar-refractivity contribution >= 4 is 34.9 Å². The topological polar surface area (TPSA) is 91.8 Å². The lowest BCUT2D eigenvalue weighted by molar-refractivity contribution is 0.0692. The standard InChI is InChI=1S/C16H14ClN3O4/c1-20-7-11-13(15(20)21)10(6-12(17)19-11)18-9-5-3-4-8(16(22)23)14(9)24-2/h3-6H,7H2,1-2H3,(H,18,19)(H,22,23). The predicted molar refractivity (Wildman–Crippen MR) is 88.3 cm³/mol. The number of benzene rings is 1. The first-order valence-electron chi connectivity index (χ1n) is 7.04. The number of nitrogens with one attached hydrogen (secondary N) is 1. The molecule has 0 spiro atoms. The Kier molecular flexibility index (Phi) is 4.02. The third-order valence-electron chi connectivity index (χ3n) is 3.73. The van der Waals surface area contributed by atoms with Crippen LogP contribution in [-0.4, -0.2) is 41.0 Å². The second kappa shape index (κ2) is 6.01. The van der Waals surface area contributed by atoms with Crippen LogP contribution >= 0.6 is 11.6 Å². The zero-order valence-electron chi connectivity index (χ0n) is 13.0. The minimum absolute atomic E-state index is 0.0164. The first-order valence-corrected chi connectivity index (χ1v) is 7.42. The molecule has 1 aliphatic rings. The summed E-state index contributed by atoms with van der Waals surface area (Å²) in [5.41, 5.74) is 1.89. The van der Waals surface area contributed by atoms with E-state index in [0.29, 0.717) is 29.2 Å². The number of carboxylic acids is 1. The summed E-state index contributed by atoms with van der Waals surface area (Å²) in [6.45, 7) is 0.371. The molecule has 0 saturated heterocycles. The number of rotatable bonds is 4. The molecule has 1 aromatic carbocycles. The molecule has 8 heteroatoms. The number of carbonyl (C=O) groups excluding carboxylic acids is 1. The van der Waals surface area contributed by atoms with Gasteiger partial charge in [0, 0.05) is 7.05 Å². The highest BCUT2D eigenvalue weighted by Crippen LogP contribution is 2.36. The number of para-hydroxylation sites is 1. The van der Waals surface area contributed by atoms with Crippen molar-refractivity contribution < 1.29 is 19.4 Å². The van der Waals surface area contributed by atoms with Crippen LogP contribution in [0.3, 0.4) is 0 Å². The summed E-state index contributed by atoms with van der Waals surface area (Å²) in [5, 5.41) is 12.6. The van der Waals surface area contributed by atoms with Gasteiger partial charge in [-0.05, 0) is 18.2 Å². The molecular weight excluding hydrogens is 334 g/mol. The van der Waals surface area contributed by atoms with Gasteiger partial charge in [-0.1, -0.05) is 17.7 Å². The highest BCUT2D eigenvalue weighted by atomic mass is 35.5. The molecule has 2 heterocycles. The molecule has 1 aromatic heterocycles. The van der Waals surface area contributed by atoms with Gasteiger partial charge in [-0.15, -0.1) is 0 Å². The van der Waals surface area contributed by atoms with Gasteiger partial charge in [-0.3, -0.25) is 4.79 Å². The molecule has 1 amide bonds. The highest BCUT2D eigenvalue weighted by molar-refractivity contribution is 6.30. The number of methoxy groups -OCH3 is 1.